The summed E-state index contributed by atoms with van der Waals surface area (Å²) < 4.78 is 23.9. The second kappa shape index (κ2) is 9.06. The van der Waals surface area contributed by atoms with Crippen molar-refractivity contribution in [1.82, 2.24) is 0 Å². The molecule has 182 valence electrons. The standard InChI is InChI=1S/C26H22Cl2FNO5/c1-4-16-11-12-25(27)23(32)30(18-8-6-17(29)7-9-18)24(33)26(25,28)19(16)10-5-15-13-20(34-2)22(31)21(14-15)35-3/h4-11,13-14,19,31H,1,12H2,2-3H3. The molecule has 1 fully saturated rings. The van der Waals surface area contributed by atoms with Crippen LogP contribution in [0, 0.1) is 11.7 Å². The number of allylic oxidation sites excluding steroid dienone is 4. The van der Waals surface area contributed by atoms with Crippen LogP contribution in [0.15, 0.2) is 66.8 Å². The van der Waals surface area contributed by atoms with Gasteiger partial charge in [0, 0.05) is 5.92 Å². The molecule has 2 aliphatic rings. The predicted molar refractivity (Wildman–Crippen MR) is 133 cm³/mol. The third kappa shape index (κ3) is 3.70. The summed E-state index contributed by atoms with van der Waals surface area (Å²) in [5.74, 6) is -2.52. The zero-order valence-electron chi connectivity index (χ0n) is 18.9. The Morgan fingerprint density at radius 1 is 1.11 bits per heavy atom. The molecule has 1 saturated heterocycles. The lowest BCUT2D eigenvalue weighted by Gasteiger charge is -2.40. The van der Waals surface area contributed by atoms with Gasteiger partial charge in [0.05, 0.1) is 19.9 Å². The maximum Gasteiger partial charge on any atom is 0.258 e. The Labute approximate surface area is 211 Å². The third-order valence-electron chi connectivity index (χ3n) is 6.34. The largest absolute Gasteiger partial charge is 0.502 e. The minimum Gasteiger partial charge on any atom is -0.502 e. The molecule has 1 N–H and O–H groups in total. The van der Waals surface area contributed by atoms with E-state index in [-0.39, 0.29) is 29.4 Å². The Kier molecular flexibility index (Phi) is 6.42. The molecule has 2 aromatic rings. The van der Waals surface area contributed by atoms with Gasteiger partial charge in [-0.05, 0) is 54.0 Å². The van der Waals surface area contributed by atoms with Gasteiger partial charge in [-0.1, -0.05) is 30.9 Å². The topological polar surface area (TPSA) is 76.1 Å². The van der Waals surface area contributed by atoms with Crippen LogP contribution in [-0.2, 0) is 9.59 Å². The van der Waals surface area contributed by atoms with E-state index < -0.39 is 33.3 Å². The third-order valence-corrected chi connectivity index (χ3v) is 7.77. The summed E-state index contributed by atoms with van der Waals surface area (Å²) in [7, 11) is 2.81. The Bertz CT molecular complexity index is 1250. The molecular formula is C26H22Cl2FNO5. The highest BCUT2D eigenvalue weighted by atomic mass is 35.5. The fraction of sp³-hybridized carbons (Fsp3) is 0.231. The van der Waals surface area contributed by atoms with Gasteiger partial charge in [0.25, 0.3) is 11.8 Å². The van der Waals surface area contributed by atoms with E-state index in [1.807, 2.05) is 0 Å². The zero-order chi connectivity index (χ0) is 25.5. The number of amides is 2. The van der Waals surface area contributed by atoms with Crippen molar-refractivity contribution < 1.29 is 28.6 Å². The van der Waals surface area contributed by atoms with E-state index in [4.69, 9.17) is 32.7 Å². The van der Waals surface area contributed by atoms with Crippen LogP contribution in [0.4, 0.5) is 10.1 Å². The van der Waals surface area contributed by atoms with Crippen molar-refractivity contribution in [3.8, 4) is 17.2 Å². The molecule has 2 amide bonds. The van der Waals surface area contributed by atoms with Crippen LogP contribution in [-0.4, -0.2) is 40.9 Å². The minimum absolute atomic E-state index is 0.00682. The summed E-state index contributed by atoms with van der Waals surface area (Å²) in [6.45, 7) is 3.83. The Hall–Kier alpha value is -3.29. The van der Waals surface area contributed by atoms with Gasteiger partial charge in [-0.3, -0.25) is 9.59 Å². The Morgan fingerprint density at radius 3 is 2.26 bits per heavy atom. The molecule has 2 aromatic carbocycles. The van der Waals surface area contributed by atoms with Crippen LogP contribution in [0.2, 0.25) is 0 Å². The first kappa shape index (κ1) is 24.8. The average Bonchev–Trinajstić information content (AvgIpc) is 3.01. The normalized spacial score (nSPS) is 26.0. The number of carbonyl (C=O) groups is 2. The lowest BCUT2D eigenvalue weighted by molar-refractivity contribution is -0.122. The molecule has 1 aliphatic carbocycles. The lowest BCUT2D eigenvalue weighted by atomic mass is 9.71. The first-order chi connectivity index (χ1) is 16.6. The molecule has 6 nitrogen and oxygen atoms in total. The van der Waals surface area contributed by atoms with Gasteiger partial charge in [0.2, 0.25) is 5.75 Å². The number of nitrogens with zero attached hydrogens (tertiary/aromatic N) is 1. The quantitative estimate of drug-likeness (QED) is 0.419. The first-order valence-corrected chi connectivity index (χ1v) is 11.4. The van der Waals surface area contributed by atoms with Crippen LogP contribution in [0.5, 0.6) is 17.2 Å². The highest BCUT2D eigenvalue weighted by molar-refractivity contribution is 6.57. The second-order valence-corrected chi connectivity index (χ2v) is 9.40. The zero-order valence-corrected chi connectivity index (χ0v) is 20.4. The molecule has 3 unspecified atom stereocenters. The fourth-order valence-corrected chi connectivity index (χ4v) is 5.29. The highest BCUT2D eigenvalue weighted by Crippen LogP contribution is 2.57. The number of imide groups is 1. The number of methoxy groups -OCH3 is 2. The number of hydrogen-bond acceptors (Lipinski definition) is 5. The van der Waals surface area contributed by atoms with E-state index in [9.17, 15) is 19.1 Å². The number of fused-ring (bicyclic) bond motifs is 1. The molecule has 0 spiro atoms. The maximum absolute atomic E-state index is 13.7. The molecule has 0 radical (unpaired) electrons. The lowest BCUT2D eigenvalue weighted by Crippen LogP contribution is -2.55. The molecule has 0 aromatic heterocycles. The number of alkyl halides is 2. The number of benzene rings is 2. The van der Waals surface area contributed by atoms with Gasteiger partial charge in [0.1, 0.15) is 5.82 Å². The Morgan fingerprint density at radius 2 is 1.71 bits per heavy atom. The molecule has 1 aliphatic heterocycles. The highest BCUT2D eigenvalue weighted by Gasteiger charge is 2.72. The summed E-state index contributed by atoms with van der Waals surface area (Å²) in [4.78, 5) is 24.4. The van der Waals surface area contributed by atoms with Crippen LogP contribution in [0.25, 0.3) is 6.08 Å². The molecule has 3 atom stereocenters. The average molecular weight is 518 g/mol. The van der Waals surface area contributed by atoms with Gasteiger partial charge in [-0.25, -0.2) is 9.29 Å². The Balaban J connectivity index is 1.81. The smallest absolute Gasteiger partial charge is 0.258 e. The predicted octanol–water partition coefficient (Wildman–Crippen LogP) is 5.22. The molecule has 0 saturated carbocycles. The van der Waals surface area contributed by atoms with Crippen molar-refractivity contribution >= 4 is 46.8 Å². The van der Waals surface area contributed by atoms with Crippen molar-refractivity contribution in [3.05, 3.63) is 78.2 Å². The van der Waals surface area contributed by atoms with Gasteiger partial charge < -0.3 is 14.6 Å². The second-order valence-electron chi connectivity index (χ2n) is 8.16. The number of hydrogen-bond donors (Lipinski definition) is 1. The van der Waals surface area contributed by atoms with Crippen LogP contribution in [0.3, 0.4) is 0 Å². The summed E-state index contributed by atoms with van der Waals surface area (Å²) in [6, 6.07) is 8.10. The van der Waals surface area contributed by atoms with Crippen molar-refractivity contribution in [2.45, 2.75) is 16.2 Å². The summed E-state index contributed by atoms with van der Waals surface area (Å²) >= 11 is 13.9. The molecule has 0 bridgehead atoms. The van der Waals surface area contributed by atoms with Crippen LogP contribution in [0.1, 0.15) is 12.0 Å². The first-order valence-electron chi connectivity index (χ1n) is 10.6. The number of anilines is 1. The summed E-state index contributed by atoms with van der Waals surface area (Å²) in [6.07, 6.45) is 6.62. The van der Waals surface area contributed by atoms with E-state index in [1.165, 1.54) is 26.4 Å². The molecule has 1 heterocycles. The summed E-state index contributed by atoms with van der Waals surface area (Å²) in [5.41, 5.74) is 1.37. The van der Waals surface area contributed by atoms with Gasteiger partial charge in [-0.15, -0.1) is 23.2 Å². The number of phenols is 1. The molecular weight excluding hydrogens is 496 g/mol. The van der Waals surface area contributed by atoms with E-state index in [2.05, 4.69) is 6.58 Å². The number of rotatable bonds is 6. The van der Waals surface area contributed by atoms with Crippen LogP contribution < -0.4 is 14.4 Å². The molecule has 4 rings (SSSR count). The van der Waals surface area contributed by atoms with Gasteiger partial charge in [0.15, 0.2) is 21.2 Å². The number of phenolic OH excluding ortho intramolecular Hbond substituents is 1. The fourth-order valence-electron chi connectivity index (χ4n) is 4.48. The number of carbonyl (C=O) groups excluding carboxylic acids is 2. The number of ether oxygens (including phenoxy) is 2. The molecule has 35 heavy (non-hydrogen) atoms. The van der Waals surface area contributed by atoms with Crippen LogP contribution >= 0.6 is 23.2 Å². The van der Waals surface area contributed by atoms with Gasteiger partial charge >= 0.3 is 0 Å². The summed E-state index contributed by atoms with van der Waals surface area (Å²) in [5, 5.41) is 10.2. The van der Waals surface area contributed by atoms with E-state index in [1.54, 1.807) is 36.4 Å². The van der Waals surface area contributed by atoms with Crippen molar-refractivity contribution in [2.24, 2.45) is 5.92 Å². The molecule has 9 heteroatoms. The number of aromatic hydroxyl groups is 1. The number of halogens is 3. The maximum atomic E-state index is 13.7. The van der Waals surface area contributed by atoms with E-state index >= 15 is 0 Å². The van der Waals surface area contributed by atoms with E-state index in [0.29, 0.717) is 11.1 Å². The van der Waals surface area contributed by atoms with Crippen molar-refractivity contribution in [1.29, 1.82) is 0 Å². The van der Waals surface area contributed by atoms with Gasteiger partial charge in [-0.2, -0.15) is 0 Å². The van der Waals surface area contributed by atoms with Crippen molar-refractivity contribution in [3.63, 3.8) is 0 Å². The van der Waals surface area contributed by atoms with Crippen molar-refractivity contribution in [2.75, 3.05) is 19.1 Å². The monoisotopic (exact) mass is 517 g/mol. The SMILES string of the molecule is C=CC1=CCC2(Cl)C(=O)N(c3ccc(F)cc3)C(=O)C2(Cl)C1C=Cc1cc(OC)c(O)c(OC)c1. The van der Waals surface area contributed by atoms with E-state index in [0.717, 1.165) is 17.0 Å². The minimum atomic E-state index is -1.88.